The van der Waals surface area contributed by atoms with Crippen LogP contribution in [0, 0.1) is 11.6 Å². The number of amides is 1. The molecule has 1 fully saturated rings. The highest BCUT2D eigenvalue weighted by atomic mass is 32.2. The van der Waals surface area contributed by atoms with E-state index in [2.05, 4.69) is 5.32 Å². The lowest BCUT2D eigenvalue weighted by molar-refractivity contribution is -0.138. The molecule has 0 bridgehead atoms. The Labute approximate surface area is 204 Å². The maximum absolute atomic E-state index is 14.3. The first-order valence-electron chi connectivity index (χ1n) is 11.0. The largest absolute Gasteiger partial charge is 0.486 e. The van der Waals surface area contributed by atoms with Crippen molar-refractivity contribution in [2.45, 2.75) is 50.4 Å². The van der Waals surface area contributed by atoms with Crippen LogP contribution in [0.2, 0.25) is 0 Å². The molecule has 1 aliphatic heterocycles. The number of carbonyl (C=O) groups is 1. The fourth-order valence-corrected chi connectivity index (χ4v) is 4.93. The van der Waals surface area contributed by atoms with Crippen molar-refractivity contribution < 1.29 is 39.9 Å². The van der Waals surface area contributed by atoms with Gasteiger partial charge in [0.15, 0.2) is 11.6 Å². The van der Waals surface area contributed by atoms with Gasteiger partial charge in [0, 0.05) is 18.1 Å². The average molecular weight is 531 g/mol. The maximum atomic E-state index is 14.3. The normalized spacial score (nSPS) is 18.7. The van der Waals surface area contributed by atoms with Crippen LogP contribution in [0.25, 0.3) is 5.57 Å². The number of rotatable bonds is 5. The molecule has 1 heterocycles. The van der Waals surface area contributed by atoms with Crippen molar-refractivity contribution in [2.24, 2.45) is 0 Å². The lowest BCUT2D eigenvalue weighted by atomic mass is 9.72. The molecule has 1 spiro atoms. The van der Waals surface area contributed by atoms with Crippen LogP contribution >= 0.6 is 0 Å². The van der Waals surface area contributed by atoms with Gasteiger partial charge in [-0.2, -0.15) is 13.2 Å². The molecule has 194 valence electrons. The van der Waals surface area contributed by atoms with Crippen molar-refractivity contribution in [1.82, 2.24) is 5.32 Å². The minimum atomic E-state index is -4.55. The molecule has 0 radical (unpaired) electrons. The molecule has 1 amide bonds. The van der Waals surface area contributed by atoms with Gasteiger partial charge in [-0.3, -0.25) is 9.52 Å². The van der Waals surface area contributed by atoms with Gasteiger partial charge in [0.05, 0.1) is 17.9 Å². The van der Waals surface area contributed by atoms with E-state index in [1.807, 2.05) is 0 Å². The second-order valence-electron chi connectivity index (χ2n) is 9.16. The third-order valence-electron chi connectivity index (χ3n) is 6.27. The fourth-order valence-electron chi connectivity index (χ4n) is 4.36. The minimum Gasteiger partial charge on any atom is -0.486 e. The molecule has 0 aromatic heterocycles. The summed E-state index contributed by atoms with van der Waals surface area (Å²) in [5.74, 6) is -2.86. The molecule has 2 N–H and O–H groups in total. The number of sulfonamides is 1. The molecule has 1 atom stereocenters. The lowest BCUT2D eigenvalue weighted by Crippen LogP contribution is -2.45. The van der Waals surface area contributed by atoms with Crippen LogP contribution in [0.1, 0.15) is 55.3 Å². The van der Waals surface area contributed by atoms with Gasteiger partial charge in [0.2, 0.25) is 15.9 Å². The molecule has 36 heavy (non-hydrogen) atoms. The first-order valence-corrected chi connectivity index (χ1v) is 12.9. The van der Waals surface area contributed by atoms with Crippen molar-refractivity contribution in [3.05, 3.63) is 64.7 Å². The summed E-state index contributed by atoms with van der Waals surface area (Å²) in [4.78, 5) is 12.8. The summed E-state index contributed by atoms with van der Waals surface area (Å²) in [5, 5.41) is 2.59. The molecule has 1 saturated carbocycles. The Morgan fingerprint density at radius 3 is 2.31 bits per heavy atom. The molecule has 2 aromatic carbocycles. The summed E-state index contributed by atoms with van der Waals surface area (Å²) in [6.07, 6.45) is -0.0563. The van der Waals surface area contributed by atoms with Crippen LogP contribution in [0.15, 0.2) is 36.4 Å². The zero-order valence-corrected chi connectivity index (χ0v) is 20.1. The SMILES string of the molecule is C[C@@H](NC(=O)/C=C1\CC2(CCC2)Oc2cc(C(F)(F)F)ccc21)c1cc(F)c(NS(C)(=O)=O)c(F)c1. The van der Waals surface area contributed by atoms with E-state index in [-0.39, 0.29) is 11.3 Å². The molecule has 0 unspecified atom stereocenters. The molecule has 2 aromatic rings. The quantitative estimate of drug-likeness (QED) is 0.405. The summed E-state index contributed by atoms with van der Waals surface area (Å²) in [5.41, 5.74) is -1.42. The number of fused-ring (bicyclic) bond motifs is 1. The summed E-state index contributed by atoms with van der Waals surface area (Å²) in [6.45, 7) is 1.48. The Hall–Kier alpha value is -3.15. The number of ether oxygens (including phenoxy) is 1. The topological polar surface area (TPSA) is 84.5 Å². The molecule has 4 rings (SSSR count). The number of nitrogens with one attached hydrogen (secondary N) is 2. The summed E-state index contributed by atoms with van der Waals surface area (Å²) in [7, 11) is -3.91. The van der Waals surface area contributed by atoms with Gasteiger partial charge in [-0.25, -0.2) is 17.2 Å². The van der Waals surface area contributed by atoms with E-state index in [9.17, 15) is 35.2 Å². The third kappa shape index (κ3) is 5.48. The van der Waals surface area contributed by atoms with Crippen molar-refractivity contribution in [3.63, 3.8) is 0 Å². The number of halogens is 5. The van der Waals surface area contributed by atoms with Crippen LogP contribution in [-0.2, 0) is 21.0 Å². The van der Waals surface area contributed by atoms with Crippen molar-refractivity contribution in [1.29, 1.82) is 0 Å². The van der Waals surface area contributed by atoms with Gasteiger partial charge in [-0.1, -0.05) is 6.07 Å². The monoisotopic (exact) mass is 530 g/mol. The van der Waals surface area contributed by atoms with Crippen molar-refractivity contribution >= 4 is 27.2 Å². The maximum Gasteiger partial charge on any atom is 0.416 e. The van der Waals surface area contributed by atoms with Gasteiger partial charge >= 0.3 is 6.18 Å². The second kappa shape index (κ2) is 9.06. The van der Waals surface area contributed by atoms with Gasteiger partial charge < -0.3 is 10.1 Å². The number of hydrogen-bond acceptors (Lipinski definition) is 4. The summed E-state index contributed by atoms with van der Waals surface area (Å²) in [6, 6.07) is 4.06. The fraction of sp³-hybridized carbons (Fsp3) is 0.375. The van der Waals surface area contributed by atoms with E-state index in [4.69, 9.17) is 4.74 Å². The van der Waals surface area contributed by atoms with Crippen LogP contribution in [0.3, 0.4) is 0 Å². The smallest absolute Gasteiger partial charge is 0.416 e. The Balaban J connectivity index is 1.58. The first-order chi connectivity index (χ1) is 16.7. The van der Waals surface area contributed by atoms with Crippen LogP contribution in [-0.4, -0.2) is 26.2 Å². The van der Waals surface area contributed by atoms with Crippen LogP contribution in [0.4, 0.5) is 27.6 Å². The zero-order chi connectivity index (χ0) is 26.5. The molecule has 1 aliphatic carbocycles. The van der Waals surface area contributed by atoms with Crippen molar-refractivity contribution in [2.75, 3.05) is 11.0 Å². The highest BCUT2D eigenvalue weighted by Gasteiger charge is 2.44. The number of carbonyl (C=O) groups excluding carboxylic acids is 1. The number of alkyl halides is 3. The van der Waals surface area contributed by atoms with E-state index < -0.39 is 56.6 Å². The molecule has 12 heteroatoms. The summed E-state index contributed by atoms with van der Waals surface area (Å²) < 4.78 is 98.6. The third-order valence-corrected chi connectivity index (χ3v) is 6.85. The van der Waals surface area contributed by atoms with Gasteiger partial charge in [0.1, 0.15) is 17.0 Å². The molecule has 6 nitrogen and oxygen atoms in total. The Morgan fingerprint density at radius 1 is 1.14 bits per heavy atom. The Morgan fingerprint density at radius 2 is 1.78 bits per heavy atom. The van der Waals surface area contributed by atoms with Crippen molar-refractivity contribution in [3.8, 4) is 5.75 Å². The predicted molar refractivity (Wildman–Crippen MR) is 123 cm³/mol. The Bertz CT molecular complexity index is 1330. The van der Waals surface area contributed by atoms with E-state index >= 15 is 0 Å². The number of benzene rings is 2. The minimum absolute atomic E-state index is 0.0495. The highest BCUT2D eigenvalue weighted by molar-refractivity contribution is 7.92. The number of anilines is 1. The van der Waals surface area contributed by atoms with E-state index in [1.165, 1.54) is 19.1 Å². The Kier molecular flexibility index (Phi) is 6.52. The first kappa shape index (κ1) is 25.9. The van der Waals surface area contributed by atoms with E-state index in [1.54, 1.807) is 4.72 Å². The average Bonchev–Trinajstić information content (AvgIpc) is 2.73. The van der Waals surface area contributed by atoms with Crippen LogP contribution in [0.5, 0.6) is 5.75 Å². The van der Waals surface area contributed by atoms with Crippen LogP contribution < -0.4 is 14.8 Å². The van der Waals surface area contributed by atoms with Gasteiger partial charge in [0.25, 0.3) is 0 Å². The highest BCUT2D eigenvalue weighted by Crippen LogP contribution is 2.50. The standard InChI is InChI=1S/C24H23F5N2O4S/c1-13(14-8-18(25)22(19(26)9-14)31-36(2,33)34)30-21(32)10-15-12-23(6-3-7-23)35-20-11-16(24(27,28)29)4-5-17(15)20/h4-5,8-11,13,31H,3,6-7,12H2,1-2H3,(H,30,32)/b15-10+/t13-/m1/s1. The van der Waals surface area contributed by atoms with E-state index in [0.717, 1.165) is 36.9 Å². The van der Waals surface area contributed by atoms with E-state index in [0.29, 0.717) is 30.4 Å². The van der Waals surface area contributed by atoms with Gasteiger partial charge in [-0.15, -0.1) is 0 Å². The molecular weight excluding hydrogens is 507 g/mol. The summed E-state index contributed by atoms with van der Waals surface area (Å²) >= 11 is 0. The lowest BCUT2D eigenvalue weighted by Gasteiger charge is -2.46. The zero-order valence-electron chi connectivity index (χ0n) is 19.3. The molecule has 0 saturated heterocycles. The number of hydrogen-bond donors (Lipinski definition) is 2. The predicted octanol–water partition coefficient (Wildman–Crippen LogP) is 5.32. The second-order valence-corrected chi connectivity index (χ2v) is 10.9. The molecular formula is C24H23F5N2O4S. The van der Waals surface area contributed by atoms with Gasteiger partial charge in [-0.05, 0) is 61.6 Å². The molecule has 2 aliphatic rings.